The first kappa shape index (κ1) is 86.3. The lowest BCUT2D eigenvalue weighted by Crippen LogP contribution is -2.72. The molecule has 102 heavy (non-hydrogen) atoms. The van der Waals surface area contributed by atoms with Crippen LogP contribution in [0.1, 0.15) is 131 Å². The number of thioether (sulfide) groups is 4. The van der Waals surface area contributed by atoms with Gasteiger partial charge < -0.3 is 122 Å². The number of fused-ring (bicyclic) bond motifs is 8. The second-order valence-corrected chi connectivity index (χ2v) is 32.4. The highest BCUT2D eigenvalue weighted by molar-refractivity contribution is 8.15. The van der Waals surface area contributed by atoms with Crippen LogP contribution in [0.15, 0.2) is 20.0 Å². The first-order chi connectivity index (χ1) is 47.8. The SMILES string of the molecule is C1CCOC1.CCN(C(=O)OC(C)(C)C)C1=N[C@@H]2[C@H]3OC(C)(OC)C(C)(OC)O[C@@H]3[C@@H](C(C)O)O[C@@H]2S1.CCN(C(=O)OC(C)(C)C)C1=N[C@@H]2[C@H]3OC(C)(OC)C(C)(OC)O[C@@H]3[C@@H](C=O)O[C@@H]2S1.CCN=C1N[C@@H]2[C@@H](O)[C@H](O)[C@@H]([C@@H](C)O)O[C@@H]2S1.CCN=C1N[C@@H]2[C@@H](O)[C@H](O)[C@@H]([C@H](C)O)O[C@@H]2S1. The summed E-state index contributed by atoms with van der Waals surface area (Å²) in [6, 6.07) is -1.76. The molecule has 37 heteroatoms. The van der Waals surface area contributed by atoms with Crippen molar-refractivity contribution in [1.82, 2.24) is 20.4 Å². The second-order valence-electron chi connectivity index (χ2n) is 28.1. The molecule has 0 aromatic rings. The maximum atomic E-state index is 12.7. The predicted molar refractivity (Wildman–Crippen MR) is 381 cm³/mol. The number of aliphatic hydroxyl groups is 7. The predicted octanol–water partition coefficient (Wildman–Crippen LogP) is 3.06. The van der Waals surface area contributed by atoms with Gasteiger partial charge in [0.2, 0.25) is 23.1 Å². The summed E-state index contributed by atoms with van der Waals surface area (Å²) in [7, 11) is 6.00. The smallest absolute Gasteiger partial charge is 0.416 e. The summed E-state index contributed by atoms with van der Waals surface area (Å²) in [4.78, 5) is 58.1. The molecule has 0 aliphatic carbocycles. The standard InChI is InChI=1S/C21H36N2O8S.C20H32N2O8S.2C10H18N2O4S.C4H8O/c1-10-23(18(25)31-19(3,4)5)17-22-12-14-15(13(11(2)24)28-16(12)32-17)30-21(7,27-9)20(6,26-8)29-14;1-9-22(17(24)30-18(2,3)4)16-21-12-14-13(11(10-23)27-15(12)31-16)28-19(5,25-7)20(6,26-8)29-14;2*1-3-11-10-12-5-6(14)7(15)8(4(2)13)16-9(5)17-10;1-2-4-5-3-1/h11-16,24H,10H2,1-9H3;10-15H,9H2,1-8H3;2*4-9,13-15H,3H2,1-2H3,(H,11,12);1-4H2/t11?,12-,13-,14-,15-,16-,20?,21?;11-,12-,13-,14-,15-,19?,20?;4-,5+,6+,7-,8+,9+;4-,5-,6-,7+,8-,9-;/m1101./s1. The Kier molecular flexibility index (Phi) is 30.5. The van der Waals surface area contributed by atoms with E-state index in [0.717, 1.165) is 13.2 Å². The number of carbonyl (C=O) groups is 3. The quantitative estimate of drug-likeness (QED) is 0.127. The number of aldehydes is 1. The molecule has 27 atom stereocenters. The van der Waals surface area contributed by atoms with Crippen molar-refractivity contribution in [2.75, 3.05) is 67.8 Å². The van der Waals surface area contributed by atoms with Crippen molar-refractivity contribution < 1.29 is 121 Å². The van der Waals surface area contributed by atoms with Crippen molar-refractivity contribution in [1.29, 1.82) is 0 Å². The van der Waals surface area contributed by atoms with Crippen LogP contribution in [-0.4, -0.2) is 324 Å². The number of aliphatic imine (C=N–C) groups is 4. The molecule has 0 saturated carbocycles. The van der Waals surface area contributed by atoms with E-state index in [-0.39, 0.29) is 23.0 Å². The molecule has 9 fully saturated rings. The van der Waals surface area contributed by atoms with Crippen molar-refractivity contribution >= 4 is 86.2 Å². The molecule has 0 radical (unpaired) electrons. The van der Waals surface area contributed by atoms with E-state index in [1.807, 2.05) is 48.5 Å². The molecule has 11 aliphatic heterocycles. The van der Waals surface area contributed by atoms with Gasteiger partial charge in [-0.15, -0.1) is 0 Å². The van der Waals surface area contributed by atoms with Gasteiger partial charge >= 0.3 is 12.2 Å². The van der Waals surface area contributed by atoms with E-state index in [1.165, 1.54) is 112 Å². The summed E-state index contributed by atoms with van der Waals surface area (Å²) < 4.78 is 86.9. The summed E-state index contributed by atoms with van der Waals surface area (Å²) in [5, 5.41) is 77.5. The number of methoxy groups -OCH3 is 4. The molecule has 5 unspecified atom stereocenters. The lowest BCUT2D eigenvalue weighted by molar-refractivity contribution is -0.464. The Morgan fingerprint density at radius 1 is 0.549 bits per heavy atom. The van der Waals surface area contributed by atoms with Gasteiger partial charge in [0.1, 0.15) is 118 Å². The third-order valence-electron chi connectivity index (χ3n) is 18.3. The molecule has 2 amide bonds. The lowest BCUT2D eigenvalue weighted by Gasteiger charge is -2.56. The van der Waals surface area contributed by atoms with Crippen LogP contribution < -0.4 is 10.6 Å². The zero-order chi connectivity index (χ0) is 75.9. The molecule has 11 rings (SSSR count). The van der Waals surface area contributed by atoms with Crippen molar-refractivity contribution in [2.45, 2.75) is 302 Å². The van der Waals surface area contributed by atoms with Gasteiger partial charge in [-0.3, -0.25) is 29.8 Å². The van der Waals surface area contributed by atoms with E-state index in [9.17, 15) is 50.1 Å². The highest BCUT2D eigenvalue weighted by atomic mass is 32.2. The van der Waals surface area contributed by atoms with Crippen LogP contribution in [0.3, 0.4) is 0 Å². The first-order valence-corrected chi connectivity index (χ1v) is 38.1. The molecule has 11 aliphatic rings. The Bertz CT molecular complexity index is 2830. The minimum atomic E-state index is -1.27. The first-order valence-electron chi connectivity index (χ1n) is 34.6. The second kappa shape index (κ2) is 36.1. The highest BCUT2D eigenvalue weighted by Crippen LogP contribution is 2.50. The Morgan fingerprint density at radius 2 is 0.892 bits per heavy atom. The zero-order valence-corrected chi connectivity index (χ0v) is 65.6. The number of nitrogens with zero attached hydrogens (tertiary/aromatic N) is 6. The maximum absolute atomic E-state index is 12.7. The maximum Gasteiger partial charge on any atom is 0.416 e. The van der Waals surface area contributed by atoms with Crippen molar-refractivity contribution in [3.63, 3.8) is 0 Å². The van der Waals surface area contributed by atoms with Crippen LogP contribution in [0.2, 0.25) is 0 Å². The third-order valence-corrected chi connectivity index (χ3v) is 22.9. The minimum Gasteiger partial charge on any atom is -0.443 e. The van der Waals surface area contributed by atoms with Crippen LogP contribution in [0.25, 0.3) is 0 Å². The lowest BCUT2D eigenvalue weighted by atomic mass is 9.91. The Morgan fingerprint density at radius 3 is 1.21 bits per heavy atom. The monoisotopic (exact) mass is 1530 g/mol. The Balaban J connectivity index is 0.000000192. The molecule has 0 aromatic heterocycles. The minimum absolute atomic E-state index is 0.321. The number of ether oxygens (including phenoxy) is 15. The highest BCUT2D eigenvalue weighted by Gasteiger charge is 2.66. The molecule has 0 bridgehead atoms. The van der Waals surface area contributed by atoms with Crippen LogP contribution in [0, 0.1) is 0 Å². The molecular weight excluding hydrogens is 1420 g/mol. The number of amidine groups is 4. The van der Waals surface area contributed by atoms with Gasteiger partial charge in [0, 0.05) is 67.8 Å². The van der Waals surface area contributed by atoms with E-state index in [4.69, 9.17) is 81.0 Å². The summed E-state index contributed by atoms with van der Waals surface area (Å²) in [5.74, 6) is -5.00. The number of carbonyl (C=O) groups excluding carboxylic acids is 3. The molecule has 11 heterocycles. The summed E-state index contributed by atoms with van der Waals surface area (Å²) in [5.41, 5.74) is -2.92. The van der Waals surface area contributed by atoms with Gasteiger partial charge in [-0.05, 0) is 131 Å². The topological polar surface area (TPSA) is 411 Å². The number of hydrogen-bond donors (Lipinski definition) is 9. The summed E-state index contributed by atoms with van der Waals surface area (Å²) in [6.07, 6.45) is -10.1. The van der Waals surface area contributed by atoms with Crippen LogP contribution in [0.4, 0.5) is 9.59 Å². The largest absolute Gasteiger partial charge is 0.443 e. The molecule has 33 nitrogen and oxygen atoms in total. The Labute approximate surface area is 614 Å². The number of amides is 2. The van der Waals surface area contributed by atoms with E-state index < -0.39 is 161 Å². The summed E-state index contributed by atoms with van der Waals surface area (Å²) >= 11 is 5.32. The van der Waals surface area contributed by atoms with E-state index in [1.54, 1.807) is 55.4 Å². The third kappa shape index (κ3) is 19.6. The normalized spacial score (nSPS) is 41.1. The Hall–Kier alpha value is -2.91. The number of nitrogens with one attached hydrogen (secondary N) is 2. The van der Waals surface area contributed by atoms with E-state index in [2.05, 4.69) is 20.6 Å². The number of aliphatic hydroxyl groups excluding tert-OH is 7. The average Bonchev–Trinajstić information content (AvgIpc) is 1.26. The fourth-order valence-electron chi connectivity index (χ4n) is 12.3. The number of rotatable bonds is 12. The molecule has 0 spiro atoms. The fraction of sp³-hybridized carbons (Fsp3) is 0.892. The van der Waals surface area contributed by atoms with Gasteiger partial charge in [-0.2, -0.15) is 0 Å². The molecule has 9 saturated heterocycles. The van der Waals surface area contributed by atoms with Gasteiger partial charge in [-0.25, -0.2) is 9.59 Å². The molecule has 9 N–H and O–H groups in total. The molecular formula is C65H112N8O25S4. The molecule has 586 valence electrons. The van der Waals surface area contributed by atoms with Gasteiger partial charge in [-0.1, -0.05) is 47.0 Å². The van der Waals surface area contributed by atoms with Gasteiger partial charge in [0.25, 0.3) is 0 Å². The number of hydrogen-bond acceptors (Lipinski definition) is 33. The fourth-order valence-corrected chi connectivity index (χ4v) is 17.2. The van der Waals surface area contributed by atoms with Gasteiger partial charge in [0.05, 0.1) is 30.4 Å². The van der Waals surface area contributed by atoms with Crippen molar-refractivity contribution in [2.24, 2.45) is 20.0 Å². The molecule has 0 aromatic carbocycles. The van der Waals surface area contributed by atoms with Crippen molar-refractivity contribution in [3.8, 4) is 0 Å². The van der Waals surface area contributed by atoms with Crippen LogP contribution >= 0.6 is 47.0 Å². The van der Waals surface area contributed by atoms with Gasteiger partial charge in [0.15, 0.2) is 27.0 Å². The zero-order valence-electron chi connectivity index (χ0n) is 62.3. The van der Waals surface area contributed by atoms with E-state index >= 15 is 0 Å². The van der Waals surface area contributed by atoms with E-state index in [0.29, 0.717) is 53.1 Å². The van der Waals surface area contributed by atoms with Crippen LogP contribution in [0.5, 0.6) is 0 Å². The summed E-state index contributed by atoms with van der Waals surface area (Å²) in [6.45, 7) is 34.0. The van der Waals surface area contributed by atoms with Crippen LogP contribution in [-0.2, 0) is 75.8 Å². The average molecular weight is 1530 g/mol. The van der Waals surface area contributed by atoms with Crippen molar-refractivity contribution in [3.05, 3.63) is 0 Å².